The third-order valence-electron chi connectivity index (χ3n) is 5.41. The number of rotatable bonds is 7. The SMILES string of the molecule is CCC(N)(CC)CNC(=O)c1cc(C)n(C(C)c2ccccc2)c1C.Cl. The molecule has 1 aromatic carbocycles. The average Bonchev–Trinajstić information content (AvgIpc) is 2.94. The minimum Gasteiger partial charge on any atom is -0.350 e. The molecule has 1 aromatic heterocycles. The molecule has 5 heteroatoms. The van der Waals surface area contributed by atoms with Gasteiger partial charge in [-0.2, -0.15) is 0 Å². The Bertz CT molecular complexity index is 720. The van der Waals surface area contributed by atoms with Gasteiger partial charge in [-0.1, -0.05) is 44.2 Å². The van der Waals surface area contributed by atoms with Crippen LogP contribution >= 0.6 is 12.4 Å². The van der Waals surface area contributed by atoms with Crippen LogP contribution in [0.25, 0.3) is 0 Å². The van der Waals surface area contributed by atoms with Crippen molar-refractivity contribution in [3.63, 3.8) is 0 Å². The van der Waals surface area contributed by atoms with Gasteiger partial charge in [0.25, 0.3) is 5.91 Å². The number of carbonyl (C=O) groups excluding carboxylic acids is 1. The van der Waals surface area contributed by atoms with Gasteiger partial charge in [-0.3, -0.25) is 4.79 Å². The predicted octanol–water partition coefficient (Wildman–Crippen LogP) is 4.38. The van der Waals surface area contributed by atoms with Crippen molar-refractivity contribution in [1.29, 1.82) is 0 Å². The van der Waals surface area contributed by atoms with Gasteiger partial charge >= 0.3 is 0 Å². The number of amides is 1. The minimum absolute atomic E-state index is 0. The molecule has 1 amide bonds. The number of hydrogen-bond donors (Lipinski definition) is 2. The third-order valence-corrected chi connectivity index (χ3v) is 5.41. The zero-order valence-corrected chi connectivity index (χ0v) is 17.3. The van der Waals surface area contributed by atoms with Gasteiger partial charge in [-0.05, 0) is 45.2 Å². The van der Waals surface area contributed by atoms with Gasteiger partial charge in [0.15, 0.2) is 0 Å². The van der Waals surface area contributed by atoms with E-state index in [1.807, 2.05) is 31.2 Å². The van der Waals surface area contributed by atoms with Gasteiger partial charge in [-0.25, -0.2) is 0 Å². The highest BCUT2D eigenvalue weighted by atomic mass is 35.5. The topological polar surface area (TPSA) is 60.0 Å². The Morgan fingerprint density at radius 1 is 1.19 bits per heavy atom. The maximum atomic E-state index is 12.7. The Hall–Kier alpha value is -1.78. The summed E-state index contributed by atoms with van der Waals surface area (Å²) in [6.45, 7) is 10.8. The lowest BCUT2D eigenvalue weighted by Crippen LogP contribution is -2.49. The van der Waals surface area contributed by atoms with Gasteiger partial charge in [0.05, 0.1) is 11.6 Å². The largest absolute Gasteiger partial charge is 0.350 e. The van der Waals surface area contributed by atoms with Crippen LogP contribution in [0, 0.1) is 13.8 Å². The highest BCUT2D eigenvalue weighted by Gasteiger charge is 2.24. The summed E-state index contributed by atoms with van der Waals surface area (Å²) in [4.78, 5) is 12.7. The first-order chi connectivity index (χ1) is 11.8. The molecule has 0 saturated carbocycles. The molecule has 1 heterocycles. The highest BCUT2D eigenvalue weighted by molar-refractivity contribution is 5.95. The fraction of sp³-hybridized carbons (Fsp3) is 0.476. The maximum Gasteiger partial charge on any atom is 0.253 e. The molecule has 0 aliphatic carbocycles. The molecule has 1 unspecified atom stereocenters. The van der Waals surface area contributed by atoms with Crippen molar-refractivity contribution < 1.29 is 4.79 Å². The second-order valence-electron chi connectivity index (χ2n) is 6.99. The second-order valence-corrected chi connectivity index (χ2v) is 6.99. The summed E-state index contributed by atoms with van der Waals surface area (Å²) < 4.78 is 2.22. The van der Waals surface area contributed by atoms with Crippen molar-refractivity contribution in [3.05, 3.63) is 58.9 Å². The van der Waals surface area contributed by atoms with E-state index >= 15 is 0 Å². The Balaban J connectivity index is 0.00000338. The highest BCUT2D eigenvalue weighted by Crippen LogP contribution is 2.25. The van der Waals surface area contributed by atoms with E-state index in [9.17, 15) is 4.79 Å². The monoisotopic (exact) mass is 377 g/mol. The molecule has 0 spiro atoms. The molecule has 0 bridgehead atoms. The number of nitrogens with one attached hydrogen (secondary N) is 1. The van der Waals surface area contributed by atoms with Crippen LogP contribution in [0.3, 0.4) is 0 Å². The molecule has 0 aliphatic heterocycles. The first kappa shape index (κ1) is 22.3. The van der Waals surface area contributed by atoms with Gasteiger partial charge in [0, 0.05) is 23.5 Å². The first-order valence-electron chi connectivity index (χ1n) is 9.13. The summed E-state index contributed by atoms with van der Waals surface area (Å²) in [5.41, 5.74) is 10.0. The second kappa shape index (κ2) is 9.24. The van der Waals surface area contributed by atoms with Crippen LogP contribution in [0.5, 0.6) is 0 Å². The smallest absolute Gasteiger partial charge is 0.253 e. The fourth-order valence-electron chi connectivity index (χ4n) is 3.34. The molecular weight excluding hydrogens is 346 g/mol. The Kier molecular flexibility index (Phi) is 7.91. The van der Waals surface area contributed by atoms with Gasteiger partial charge in [0.1, 0.15) is 0 Å². The Labute approximate surface area is 163 Å². The summed E-state index contributed by atoms with van der Waals surface area (Å²) >= 11 is 0. The zero-order valence-electron chi connectivity index (χ0n) is 16.5. The van der Waals surface area contributed by atoms with Gasteiger partial charge in [0.2, 0.25) is 0 Å². The van der Waals surface area contributed by atoms with Crippen LogP contribution in [-0.4, -0.2) is 22.6 Å². The molecule has 4 nitrogen and oxygen atoms in total. The standard InChI is InChI=1S/C21H31N3O.ClH/c1-6-21(22,7-2)14-23-20(25)19-13-15(3)24(17(19)5)16(4)18-11-9-8-10-12-18;/h8-13,16H,6-7,14,22H2,1-5H3,(H,23,25);1H. The number of aromatic nitrogens is 1. The van der Waals surface area contributed by atoms with Gasteiger partial charge in [-0.15, -0.1) is 12.4 Å². The van der Waals surface area contributed by atoms with E-state index in [0.717, 1.165) is 29.8 Å². The third kappa shape index (κ3) is 4.68. The lowest BCUT2D eigenvalue weighted by Gasteiger charge is -2.26. The zero-order chi connectivity index (χ0) is 18.6. The minimum atomic E-state index is -0.335. The van der Waals surface area contributed by atoms with Crippen LogP contribution < -0.4 is 11.1 Å². The number of carbonyl (C=O) groups is 1. The number of aryl methyl sites for hydroxylation is 1. The van der Waals surface area contributed by atoms with E-state index in [1.165, 1.54) is 5.56 Å². The van der Waals surface area contributed by atoms with Crippen molar-refractivity contribution in [3.8, 4) is 0 Å². The van der Waals surface area contributed by atoms with Crippen molar-refractivity contribution in [2.75, 3.05) is 6.54 Å². The van der Waals surface area contributed by atoms with Crippen LogP contribution in [0.1, 0.15) is 67.0 Å². The van der Waals surface area contributed by atoms with Gasteiger partial charge < -0.3 is 15.6 Å². The number of benzene rings is 1. The van der Waals surface area contributed by atoms with Crippen LogP contribution in [0.15, 0.2) is 36.4 Å². The van der Waals surface area contributed by atoms with Crippen LogP contribution in [0.4, 0.5) is 0 Å². The van der Waals surface area contributed by atoms with Crippen molar-refractivity contribution in [1.82, 2.24) is 9.88 Å². The van der Waals surface area contributed by atoms with E-state index < -0.39 is 0 Å². The van der Waals surface area contributed by atoms with Crippen molar-refractivity contribution >= 4 is 18.3 Å². The van der Waals surface area contributed by atoms with E-state index in [4.69, 9.17) is 5.73 Å². The predicted molar refractivity (Wildman–Crippen MR) is 111 cm³/mol. The van der Waals surface area contributed by atoms with Crippen molar-refractivity contribution in [2.45, 2.75) is 59.0 Å². The summed E-state index contributed by atoms with van der Waals surface area (Å²) in [5.74, 6) is -0.0451. The molecule has 2 rings (SSSR count). The fourth-order valence-corrected chi connectivity index (χ4v) is 3.34. The summed E-state index contributed by atoms with van der Waals surface area (Å²) in [5, 5.41) is 3.02. The molecule has 0 fully saturated rings. The number of halogens is 1. The quantitative estimate of drug-likeness (QED) is 0.751. The van der Waals surface area contributed by atoms with E-state index in [2.05, 4.69) is 49.7 Å². The summed E-state index contributed by atoms with van der Waals surface area (Å²) in [7, 11) is 0. The molecule has 0 radical (unpaired) electrons. The molecule has 26 heavy (non-hydrogen) atoms. The molecule has 2 aromatic rings. The van der Waals surface area contributed by atoms with Crippen molar-refractivity contribution in [2.24, 2.45) is 5.73 Å². The molecule has 1 atom stereocenters. The average molecular weight is 378 g/mol. The van der Waals surface area contributed by atoms with E-state index in [0.29, 0.717) is 6.54 Å². The van der Waals surface area contributed by atoms with E-state index in [1.54, 1.807) is 0 Å². The number of nitrogens with two attached hydrogens (primary N) is 1. The Morgan fingerprint density at radius 3 is 2.31 bits per heavy atom. The molecule has 144 valence electrons. The number of nitrogens with zero attached hydrogens (tertiary/aromatic N) is 1. The summed E-state index contributed by atoms with van der Waals surface area (Å²) in [6.07, 6.45) is 1.68. The lowest BCUT2D eigenvalue weighted by atomic mass is 9.94. The molecule has 3 N–H and O–H groups in total. The molecular formula is C21H32ClN3O. The Morgan fingerprint density at radius 2 is 1.77 bits per heavy atom. The van der Waals surface area contributed by atoms with E-state index in [-0.39, 0.29) is 29.9 Å². The normalized spacial score (nSPS) is 12.4. The lowest BCUT2D eigenvalue weighted by molar-refractivity contribution is 0.0941. The summed E-state index contributed by atoms with van der Waals surface area (Å²) in [6, 6.07) is 12.5. The van der Waals surface area contributed by atoms with Crippen LogP contribution in [-0.2, 0) is 0 Å². The van der Waals surface area contributed by atoms with Crippen LogP contribution in [0.2, 0.25) is 0 Å². The number of hydrogen-bond acceptors (Lipinski definition) is 2. The first-order valence-corrected chi connectivity index (χ1v) is 9.13. The molecule has 0 saturated heterocycles. The maximum absolute atomic E-state index is 12.7. The molecule has 0 aliphatic rings.